The number of halogens is 1. The molecular formula is C59H56ClN3O13S3. The zero-order valence-corrected chi connectivity index (χ0v) is 46.0. The van der Waals surface area contributed by atoms with Crippen LogP contribution in [0.15, 0.2) is 204 Å². The molecule has 0 aliphatic heterocycles. The lowest BCUT2D eigenvalue weighted by molar-refractivity contribution is 0.0686. The highest BCUT2D eigenvalue weighted by Gasteiger charge is 2.16. The van der Waals surface area contributed by atoms with Crippen LogP contribution < -0.4 is 18.9 Å². The predicted octanol–water partition coefficient (Wildman–Crippen LogP) is 11.1. The van der Waals surface area contributed by atoms with Crippen LogP contribution in [0.1, 0.15) is 64.5 Å². The van der Waals surface area contributed by atoms with Gasteiger partial charge < -0.3 is 20.1 Å². The largest absolute Gasteiger partial charge is 0.497 e. The number of aromatic carboxylic acids is 3. The van der Waals surface area contributed by atoms with E-state index in [1.807, 2.05) is 48.5 Å². The van der Waals surface area contributed by atoms with Crippen molar-refractivity contribution in [3.05, 3.63) is 249 Å². The number of carboxylic acids is 3. The van der Waals surface area contributed by atoms with Gasteiger partial charge in [0, 0.05) is 22.1 Å². The third kappa shape index (κ3) is 19.5. The van der Waals surface area contributed by atoms with Gasteiger partial charge in [-0.05, 0) is 193 Å². The number of anilines is 3. The Morgan fingerprint density at radius 3 is 0.861 bits per heavy atom. The minimum absolute atomic E-state index is 0.144. The first-order chi connectivity index (χ1) is 37.5. The monoisotopic (exact) mass is 1150 g/mol. The van der Waals surface area contributed by atoms with E-state index >= 15 is 0 Å². The molecule has 0 aliphatic carbocycles. The second-order valence-corrected chi connectivity index (χ2v) is 23.4. The van der Waals surface area contributed by atoms with Gasteiger partial charge in [0.1, 0.15) is 5.75 Å². The number of sulfonamides is 3. The van der Waals surface area contributed by atoms with E-state index in [-0.39, 0.29) is 26.5 Å². The molecule has 0 bridgehead atoms. The molecule has 0 saturated carbocycles. The average Bonchev–Trinajstić information content (AvgIpc) is 3.43. The SMILES string of the molecule is COc1ccc(S(=O)(=O)Nc2ccc(CCc3ccc(C(=O)O)cc3)cc2)cc1.CS(=O)(=O)Nc1ccc(CCc2ccc(C(=O)O)cc2)cc1.O=C(O)c1ccc(CCc2ccc(NS(=O)(=O)c3ccc(Cl)cc3)cc2)cc1. The van der Waals surface area contributed by atoms with Crippen molar-refractivity contribution >= 4 is 76.6 Å². The van der Waals surface area contributed by atoms with Crippen molar-refractivity contribution in [3.63, 3.8) is 0 Å². The van der Waals surface area contributed by atoms with Crippen molar-refractivity contribution in [2.45, 2.75) is 48.3 Å². The molecule has 0 atom stereocenters. The van der Waals surface area contributed by atoms with Crippen molar-refractivity contribution in [3.8, 4) is 5.75 Å². The van der Waals surface area contributed by atoms with Crippen LogP contribution >= 0.6 is 11.6 Å². The van der Waals surface area contributed by atoms with Crippen molar-refractivity contribution < 1.29 is 59.7 Å². The average molecular weight is 1150 g/mol. The van der Waals surface area contributed by atoms with Crippen molar-refractivity contribution in [1.29, 1.82) is 0 Å². The Labute approximate surface area is 464 Å². The number of benzene rings is 8. The number of hydrogen-bond donors (Lipinski definition) is 6. The summed E-state index contributed by atoms with van der Waals surface area (Å²) in [6, 6.07) is 54.1. The van der Waals surface area contributed by atoms with Crippen LogP contribution in [0.2, 0.25) is 5.02 Å². The quantitative estimate of drug-likeness (QED) is 0.0392. The molecule has 0 fully saturated rings. The van der Waals surface area contributed by atoms with Crippen LogP contribution in [-0.2, 0) is 68.6 Å². The number of hydrogen-bond acceptors (Lipinski definition) is 10. The van der Waals surface area contributed by atoms with Gasteiger partial charge >= 0.3 is 17.9 Å². The summed E-state index contributed by atoms with van der Waals surface area (Å²) in [5.74, 6) is -2.22. The summed E-state index contributed by atoms with van der Waals surface area (Å²) in [6.07, 6.45) is 5.74. The Kier molecular flexibility index (Phi) is 21.0. The fraction of sp³-hybridized carbons (Fsp3) is 0.136. The summed E-state index contributed by atoms with van der Waals surface area (Å²) >= 11 is 5.79. The molecule has 6 N–H and O–H groups in total. The van der Waals surface area contributed by atoms with Gasteiger partial charge in [0.2, 0.25) is 10.0 Å². The molecular weight excluding hydrogens is 1090 g/mol. The summed E-state index contributed by atoms with van der Waals surface area (Å²) in [7, 11) is -9.07. The van der Waals surface area contributed by atoms with Gasteiger partial charge in [0.25, 0.3) is 20.0 Å². The summed E-state index contributed by atoms with van der Waals surface area (Å²) in [4.78, 5) is 32.8. The maximum atomic E-state index is 12.5. The lowest BCUT2D eigenvalue weighted by Gasteiger charge is -2.10. The topological polar surface area (TPSA) is 260 Å². The molecule has 8 aromatic carbocycles. The molecule has 0 aliphatic rings. The van der Waals surface area contributed by atoms with E-state index in [1.54, 1.807) is 109 Å². The van der Waals surface area contributed by atoms with Crippen molar-refractivity contribution in [2.75, 3.05) is 27.5 Å². The molecule has 20 heteroatoms. The molecule has 0 amide bonds. The molecule has 0 saturated heterocycles. The molecule has 410 valence electrons. The first-order valence-corrected chi connectivity index (χ1v) is 29.4. The molecule has 0 aromatic heterocycles. The van der Waals surface area contributed by atoms with Crippen LogP contribution in [0.4, 0.5) is 17.1 Å². The minimum Gasteiger partial charge on any atom is -0.497 e. The summed E-state index contributed by atoms with van der Waals surface area (Å²) in [5.41, 5.74) is 8.64. The highest BCUT2D eigenvalue weighted by Crippen LogP contribution is 2.22. The van der Waals surface area contributed by atoms with Gasteiger partial charge in [0.05, 0.1) is 39.8 Å². The highest BCUT2D eigenvalue weighted by molar-refractivity contribution is 7.93. The maximum absolute atomic E-state index is 12.5. The van der Waals surface area contributed by atoms with E-state index in [9.17, 15) is 39.6 Å². The Hall–Kier alpha value is -8.49. The second-order valence-electron chi connectivity index (χ2n) is 17.8. The molecule has 0 spiro atoms. The van der Waals surface area contributed by atoms with E-state index in [4.69, 9.17) is 31.7 Å². The number of carboxylic acid groups (broad SMARTS) is 3. The number of nitrogens with one attached hydrogen (secondary N) is 3. The normalized spacial score (nSPS) is 11.1. The first kappa shape index (κ1) is 59.7. The number of carbonyl (C=O) groups is 3. The summed E-state index contributed by atoms with van der Waals surface area (Å²) in [6.45, 7) is 0. The van der Waals surface area contributed by atoms with Crippen molar-refractivity contribution in [2.24, 2.45) is 0 Å². The molecule has 0 heterocycles. The van der Waals surface area contributed by atoms with Gasteiger partial charge in [-0.1, -0.05) is 84.4 Å². The summed E-state index contributed by atoms with van der Waals surface area (Å²) < 4.78 is 84.5. The summed E-state index contributed by atoms with van der Waals surface area (Å²) in [5, 5.41) is 27.2. The van der Waals surface area contributed by atoms with Gasteiger partial charge in [-0.3, -0.25) is 14.2 Å². The number of aryl methyl sites for hydroxylation is 6. The third-order valence-corrected chi connectivity index (χ3v) is 15.5. The Morgan fingerprint density at radius 2 is 0.620 bits per heavy atom. The van der Waals surface area contributed by atoms with Gasteiger partial charge in [-0.15, -0.1) is 0 Å². The molecule has 8 aromatic rings. The Bertz CT molecular complexity index is 3660. The fourth-order valence-corrected chi connectivity index (χ4v) is 10.3. The Morgan fingerprint density at radius 1 is 0.380 bits per heavy atom. The molecule has 16 nitrogen and oxygen atoms in total. The highest BCUT2D eigenvalue weighted by atomic mass is 35.5. The lowest BCUT2D eigenvalue weighted by atomic mass is 10.0. The van der Waals surface area contributed by atoms with Crippen molar-refractivity contribution in [1.82, 2.24) is 0 Å². The molecule has 79 heavy (non-hydrogen) atoms. The van der Waals surface area contributed by atoms with E-state index in [1.165, 1.54) is 43.5 Å². The predicted molar refractivity (Wildman–Crippen MR) is 306 cm³/mol. The van der Waals surface area contributed by atoms with Gasteiger partial charge in [-0.25, -0.2) is 39.6 Å². The standard InChI is InChI=1S/C22H21NO5S.C21H18ClNO4S.C16H17NO4S/c1-28-20-12-14-21(15-13-20)29(26,27)23-19-10-6-17(7-11-19)3-2-16-4-8-18(9-5-16)22(24)25;22-18-9-13-20(14-10-18)28(26,27)23-19-11-5-16(6-12-19)2-1-15-3-7-17(8-4-15)21(24)25;1-22(20,21)17-15-10-6-13(7-11-15)3-2-12-4-8-14(9-5-12)16(18)19/h4-15,23H,2-3H2,1H3,(H,24,25);3-14,23H,1-2H2,(H,24,25);4-11,17H,2-3H2,1H3,(H,18,19). The van der Waals surface area contributed by atoms with E-state index in [0.29, 0.717) is 27.8 Å². The molecule has 8 rings (SSSR count). The number of methoxy groups -OCH3 is 1. The van der Waals surface area contributed by atoms with Crippen LogP contribution in [0, 0.1) is 0 Å². The van der Waals surface area contributed by atoms with Crippen LogP contribution in [0.3, 0.4) is 0 Å². The van der Waals surface area contributed by atoms with E-state index in [2.05, 4.69) is 14.2 Å². The van der Waals surface area contributed by atoms with E-state index in [0.717, 1.165) is 78.2 Å². The number of rotatable bonds is 21. The van der Waals surface area contributed by atoms with Crippen LogP contribution in [-0.4, -0.2) is 71.8 Å². The maximum Gasteiger partial charge on any atom is 0.335 e. The molecule has 0 unspecified atom stereocenters. The van der Waals surface area contributed by atoms with Crippen LogP contribution in [0.25, 0.3) is 0 Å². The minimum atomic E-state index is -3.67. The van der Waals surface area contributed by atoms with Crippen LogP contribution in [0.5, 0.6) is 5.75 Å². The Balaban J connectivity index is 0.000000193. The second kappa shape index (κ2) is 27.7. The fourth-order valence-electron chi connectivity index (χ4n) is 7.54. The first-order valence-electron chi connectivity index (χ1n) is 24.2. The van der Waals surface area contributed by atoms with Gasteiger partial charge in [-0.2, -0.15) is 0 Å². The molecule has 0 radical (unpaired) electrons. The number of ether oxygens (including phenoxy) is 1. The smallest absolute Gasteiger partial charge is 0.335 e. The van der Waals surface area contributed by atoms with Gasteiger partial charge in [0.15, 0.2) is 0 Å². The lowest BCUT2D eigenvalue weighted by Crippen LogP contribution is -2.12. The zero-order valence-electron chi connectivity index (χ0n) is 42.7. The van der Waals surface area contributed by atoms with E-state index < -0.39 is 48.0 Å². The third-order valence-electron chi connectivity index (χ3n) is 11.9. The zero-order chi connectivity index (χ0) is 57.2.